The van der Waals surface area contributed by atoms with E-state index >= 15 is 0 Å². The fourth-order valence-corrected chi connectivity index (χ4v) is 1.28. The van der Waals surface area contributed by atoms with Gasteiger partial charge in [-0.25, -0.2) is 4.98 Å². The van der Waals surface area contributed by atoms with Crippen LogP contribution in [0.4, 0.5) is 0 Å². The summed E-state index contributed by atoms with van der Waals surface area (Å²) < 4.78 is 5.46. The Hall–Kier alpha value is -1.25. The zero-order valence-corrected chi connectivity index (χ0v) is 9.16. The van der Waals surface area contributed by atoms with Gasteiger partial charge in [0, 0.05) is 17.3 Å². The summed E-state index contributed by atoms with van der Waals surface area (Å²) in [6.07, 6.45) is 1.53. The quantitative estimate of drug-likeness (QED) is 0.785. The van der Waals surface area contributed by atoms with Crippen molar-refractivity contribution < 1.29 is 4.74 Å². The van der Waals surface area contributed by atoms with Gasteiger partial charge >= 0.3 is 0 Å². The highest BCUT2D eigenvalue weighted by molar-refractivity contribution is 6.30. The number of benzene rings is 1. The third kappa shape index (κ3) is 2.85. The molecule has 0 radical (unpaired) electrons. The van der Waals surface area contributed by atoms with E-state index in [2.05, 4.69) is 4.98 Å². The van der Waals surface area contributed by atoms with E-state index in [9.17, 15) is 0 Å². The monoisotopic (exact) mass is 239 g/mol. The number of ether oxygens (including phenoxy) is 1. The van der Waals surface area contributed by atoms with E-state index in [-0.39, 0.29) is 0 Å². The van der Waals surface area contributed by atoms with Crippen LogP contribution in [0.1, 0.15) is 0 Å². The second-order valence-electron chi connectivity index (χ2n) is 2.87. The molecule has 0 fully saturated rings. The first-order chi connectivity index (χ1) is 7.24. The van der Waals surface area contributed by atoms with Crippen molar-refractivity contribution in [3.8, 4) is 11.6 Å². The molecular formula is C11H7Cl2NO. The number of hydrogen-bond donors (Lipinski definition) is 0. The molecule has 0 saturated carbocycles. The minimum atomic E-state index is 0.502. The first-order valence-corrected chi connectivity index (χ1v) is 5.04. The molecule has 76 valence electrons. The molecule has 0 N–H and O–H groups in total. The molecule has 4 heteroatoms. The average Bonchev–Trinajstić information content (AvgIpc) is 2.25. The van der Waals surface area contributed by atoms with Crippen molar-refractivity contribution >= 4 is 23.2 Å². The Morgan fingerprint density at radius 1 is 0.867 bits per heavy atom. The smallest absolute Gasteiger partial charge is 0.219 e. The Morgan fingerprint density at radius 2 is 1.53 bits per heavy atom. The van der Waals surface area contributed by atoms with Crippen LogP contribution in [0.3, 0.4) is 0 Å². The molecule has 0 amide bonds. The van der Waals surface area contributed by atoms with Gasteiger partial charge in [0.15, 0.2) is 0 Å². The largest absolute Gasteiger partial charge is 0.439 e. The number of hydrogen-bond acceptors (Lipinski definition) is 2. The lowest BCUT2D eigenvalue weighted by Gasteiger charge is -2.03. The number of rotatable bonds is 2. The van der Waals surface area contributed by atoms with Crippen LogP contribution < -0.4 is 4.74 Å². The normalized spacial score (nSPS) is 10.0. The van der Waals surface area contributed by atoms with Crippen molar-refractivity contribution in [2.45, 2.75) is 0 Å². The minimum absolute atomic E-state index is 0.502. The Labute approximate surface area is 97.4 Å². The fraction of sp³-hybridized carbons (Fsp3) is 0. The minimum Gasteiger partial charge on any atom is -0.439 e. The van der Waals surface area contributed by atoms with Crippen LogP contribution in [-0.2, 0) is 0 Å². The molecule has 0 spiro atoms. The molecule has 2 aromatic rings. The first kappa shape index (κ1) is 10.3. The molecule has 15 heavy (non-hydrogen) atoms. The number of halogens is 2. The van der Waals surface area contributed by atoms with Gasteiger partial charge in [-0.15, -0.1) is 0 Å². The summed E-state index contributed by atoms with van der Waals surface area (Å²) in [6, 6.07) is 10.5. The summed E-state index contributed by atoms with van der Waals surface area (Å²) in [7, 11) is 0. The Morgan fingerprint density at radius 3 is 2.13 bits per heavy atom. The predicted molar refractivity (Wildman–Crippen MR) is 60.8 cm³/mol. The summed E-state index contributed by atoms with van der Waals surface area (Å²) in [4.78, 5) is 4.01. The van der Waals surface area contributed by atoms with Crippen LogP contribution in [-0.4, -0.2) is 4.98 Å². The maximum atomic E-state index is 5.75. The van der Waals surface area contributed by atoms with E-state index in [1.165, 1.54) is 6.20 Å². The van der Waals surface area contributed by atoms with Crippen molar-refractivity contribution in [3.05, 3.63) is 52.6 Å². The first-order valence-electron chi connectivity index (χ1n) is 4.29. The highest BCUT2D eigenvalue weighted by Gasteiger charge is 1.98. The van der Waals surface area contributed by atoms with E-state index in [1.54, 1.807) is 36.4 Å². The Kier molecular flexibility index (Phi) is 3.09. The van der Waals surface area contributed by atoms with Gasteiger partial charge in [0.25, 0.3) is 0 Å². The molecule has 1 heterocycles. The summed E-state index contributed by atoms with van der Waals surface area (Å²) in [6.45, 7) is 0. The van der Waals surface area contributed by atoms with Crippen molar-refractivity contribution in [2.24, 2.45) is 0 Å². The number of aromatic nitrogens is 1. The van der Waals surface area contributed by atoms with Crippen LogP contribution >= 0.6 is 23.2 Å². The van der Waals surface area contributed by atoms with Gasteiger partial charge in [0.05, 0.1) is 5.02 Å². The summed E-state index contributed by atoms with van der Waals surface area (Å²) in [5.74, 6) is 1.19. The molecule has 2 nitrogen and oxygen atoms in total. The van der Waals surface area contributed by atoms with E-state index < -0.39 is 0 Å². The van der Waals surface area contributed by atoms with Gasteiger partial charge in [0.1, 0.15) is 5.75 Å². The molecular weight excluding hydrogens is 233 g/mol. The molecule has 1 aromatic heterocycles. The third-order valence-corrected chi connectivity index (χ3v) is 2.21. The van der Waals surface area contributed by atoms with E-state index in [0.717, 1.165) is 0 Å². The summed E-state index contributed by atoms with van der Waals surface area (Å²) >= 11 is 11.4. The van der Waals surface area contributed by atoms with Crippen molar-refractivity contribution in [1.82, 2.24) is 4.98 Å². The second-order valence-corrected chi connectivity index (χ2v) is 3.74. The highest BCUT2D eigenvalue weighted by Crippen LogP contribution is 2.21. The third-order valence-electron chi connectivity index (χ3n) is 1.74. The topological polar surface area (TPSA) is 22.1 Å². The Balaban J connectivity index is 2.15. The molecule has 0 aliphatic carbocycles. The lowest BCUT2D eigenvalue weighted by molar-refractivity contribution is 0.463. The van der Waals surface area contributed by atoms with Crippen LogP contribution in [0.15, 0.2) is 42.6 Å². The number of pyridine rings is 1. The van der Waals surface area contributed by atoms with Crippen molar-refractivity contribution in [3.63, 3.8) is 0 Å². The molecule has 0 aliphatic rings. The van der Waals surface area contributed by atoms with E-state index in [4.69, 9.17) is 27.9 Å². The van der Waals surface area contributed by atoms with Crippen LogP contribution in [0.5, 0.6) is 11.6 Å². The summed E-state index contributed by atoms with van der Waals surface area (Å²) in [5, 5.41) is 1.25. The Bertz CT molecular complexity index is 396. The van der Waals surface area contributed by atoms with Crippen molar-refractivity contribution in [1.29, 1.82) is 0 Å². The SMILES string of the molecule is Clc1ccc(Oc2ccc(Cl)cn2)cc1. The van der Waals surface area contributed by atoms with Crippen LogP contribution in [0.25, 0.3) is 0 Å². The number of nitrogens with zero attached hydrogens (tertiary/aromatic N) is 1. The van der Waals surface area contributed by atoms with Crippen LogP contribution in [0, 0.1) is 0 Å². The van der Waals surface area contributed by atoms with Gasteiger partial charge in [0.2, 0.25) is 5.88 Å². The summed E-state index contributed by atoms with van der Waals surface area (Å²) in [5.41, 5.74) is 0. The van der Waals surface area contributed by atoms with E-state index in [1.807, 2.05) is 0 Å². The highest BCUT2D eigenvalue weighted by atomic mass is 35.5. The zero-order valence-electron chi connectivity index (χ0n) is 7.65. The van der Waals surface area contributed by atoms with Gasteiger partial charge < -0.3 is 4.74 Å². The maximum Gasteiger partial charge on any atom is 0.219 e. The molecule has 0 bridgehead atoms. The second kappa shape index (κ2) is 4.51. The molecule has 1 aromatic carbocycles. The molecule has 0 aliphatic heterocycles. The lowest BCUT2D eigenvalue weighted by atomic mass is 10.3. The van der Waals surface area contributed by atoms with Gasteiger partial charge in [-0.2, -0.15) is 0 Å². The fourth-order valence-electron chi connectivity index (χ4n) is 1.05. The van der Waals surface area contributed by atoms with E-state index in [0.29, 0.717) is 21.7 Å². The predicted octanol–water partition coefficient (Wildman–Crippen LogP) is 4.18. The van der Waals surface area contributed by atoms with Gasteiger partial charge in [-0.05, 0) is 30.3 Å². The zero-order chi connectivity index (χ0) is 10.7. The maximum absolute atomic E-state index is 5.75. The lowest BCUT2D eigenvalue weighted by Crippen LogP contribution is -1.86. The molecule has 0 atom stereocenters. The van der Waals surface area contributed by atoms with Gasteiger partial charge in [-0.3, -0.25) is 0 Å². The van der Waals surface area contributed by atoms with Crippen LogP contribution in [0.2, 0.25) is 10.0 Å². The van der Waals surface area contributed by atoms with Crippen molar-refractivity contribution in [2.75, 3.05) is 0 Å². The molecule has 0 unspecified atom stereocenters. The average molecular weight is 240 g/mol. The standard InChI is InChI=1S/C11H7Cl2NO/c12-8-1-4-10(5-2-8)15-11-6-3-9(13)7-14-11/h1-7H. The molecule has 0 saturated heterocycles. The van der Waals surface area contributed by atoms with Gasteiger partial charge in [-0.1, -0.05) is 23.2 Å². The molecule has 2 rings (SSSR count).